The second-order valence-electron chi connectivity index (χ2n) is 8.33. The van der Waals surface area contributed by atoms with Gasteiger partial charge in [0.05, 0.1) is 19.2 Å². The summed E-state index contributed by atoms with van der Waals surface area (Å²) < 4.78 is 17.1. The lowest BCUT2D eigenvalue weighted by molar-refractivity contribution is 0.0601. The number of fused-ring (bicyclic) bond motifs is 1. The molecular formula is C24H34N2O4. The summed E-state index contributed by atoms with van der Waals surface area (Å²) in [6.45, 7) is 9.76. The monoisotopic (exact) mass is 414 g/mol. The van der Waals surface area contributed by atoms with Crippen LogP contribution in [0.25, 0.3) is 11.0 Å². The molecular weight excluding hydrogens is 380 g/mol. The average Bonchev–Trinajstić information content (AvgIpc) is 3.43. The van der Waals surface area contributed by atoms with Crippen molar-refractivity contribution in [3.05, 3.63) is 29.0 Å². The maximum atomic E-state index is 12.9. The third-order valence-corrected chi connectivity index (χ3v) is 6.56. The van der Waals surface area contributed by atoms with Crippen LogP contribution in [-0.2, 0) is 22.4 Å². The van der Waals surface area contributed by atoms with E-state index in [1.54, 1.807) is 0 Å². The molecule has 0 unspecified atom stereocenters. The van der Waals surface area contributed by atoms with E-state index >= 15 is 0 Å². The molecule has 3 heterocycles. The summed E-state index contributed by atoms with van der Waals surface area (Å²) in [6.07, 6.45) is 5.26. The van der Waals surface area contributed by atoms with Gasteiger partial charge in [0.25, 0.3) is 0 Å². The van der Waals surface area contributed by atoms with Crippen LogP contribution in [0, 0.1) is 0 Å². The van der Waals surface area contributed by atoms with Gasteiger partial charge in [0.1, 0.15) is 11.3 Å². The molecule has 4 rings (SSSR count). The van der Waals surface area contributed by atoms with Crippen LogP contribution in [0.3, 0.4) is 0 Å². The number of carbonyl (C=O) groups is 1. The normalized spacial score (nSPS) is 18.2. The molecule has 0 radical (unpaired) electrons. The molecule has 0 spiro atoms. The highest BCUT2D eigenvalue weighted by Crippen LogP contribution is 2.37. The van der Waals surface area contributed by atoms with Gasteiger partial charge in [-0.1, -0.05) is 6.92 Å². The quantitative estimate of drug-likeness (QED) is 0.627. The Kier molecular flexibility index (Phi) is 6.64. The van der Waals surface area contributed by atoms with Crippen molar-refractivity contribution in [1.82, 2.24) is 4.90 Å². The van der Waals surface area contributed by atoms with Crippen LogP contribution in [0.1, 0.15) is 61.2 Å². The fourth-order valence-corrected chi connectivity index (χ4v) is 5.07. The summed E-state index contributed by atoms with van der Waals surface area (Å²) in [4.78, 5) is 17.7. The molecule has 1 aromatic heterocycles. The van der Waals surface area contributed by atoms with Crippen LogP contribution in [0.5, 0.6) is 0 Å². The summed E-state index contributed by atoms with van der Waals surface area (Å²) in [5.41, 5.74) is 3.59. The fraction of sp³-hybridized carbons (Fsp3) is 0.625. The van der Waals surface area contributed by atoms with Crippen LogP contribution < -0.4 is 4.90 Å². The topological polar surface area (TPSA) is 55.2 Å². The Bertz CT molecular complexity index is 879. The van der Waals surface area contributed by atoms with Crippen LogP contribution >= 0.6 is 0 Å². The number of rotatable bonds is 7. The van der Waals surface area contributed by atoms with E-state index < -0.39 is 0 Å². The number of hydrogen-bond acceptors (Lipinski definition) is 6. The van der Waals surface area contributed by atoms with E-state index in [1.165, 1.54) is 20.0 Å². The fourth-order valence-electron chi connectivity index (χ4n) is 5.07. The molecule has 0 aliphatic carbocycles. The molecule has 2 aromatic rings. The largest absolute Gasteiger partial charge is 0.465 e. The lowest BCUT2D eigenvalue weighted by atomic mass is 9.96. The van der Waals surface area contributed by atoms with Crippen LogP contribution in [-0.4, -0.2) is 56.9 Å². The zero-order valence-corrected chi connectivity index (χ0v) is 18.5. The number of nitrogens with zero attached hydrogens (tertiary/aromatic N) is 2. The summed E-state index contributed by atoms with van der Waals surface area (Å²) in [7, 11) is 1.46. The maximum Gasteiger partial charge on any atom is 0.338 e. The number of carbonyl (C=O) groups excluding carboxylic acids is 1. The van der Waals surface area contributed by atoms with Crippen LogP contribution in [0.4, 0.5) is 5.69 Å². The smallest absolute Gasteiger partial charge is 0.338 e. The molecule has 2 aliphatic heterocycles. The van der Waals surface area contributed by atoms with Gasteiger partial charge in [0, 0.05) is 42.9 Å². The number of methoxy groups -OCH3 is 1. The summed E-state index contributed by atoms with van der Waals surface area (Å²) in [6, 6.07) is 4.61. The second-order valence-corrected chi connectivity index (χ2v) is 8.33. The van der Waals surface area contributed by atoms with E-state index in [4.69, 9.17) is 13.9 Å². The standard InChI is InChI=1S/C24H34N2O4/c1-4-19-21(26(5-2)17-8-12-29-13-9-17)15-22-20(23(19)24(27)28-3)14-18(30-22)16-25-10-6-7-11-25/h14-15,17H,4-13,16H2,1-3H3. The summed E-state index contributed by atoms with van der Waals surface area (Å²) in [5, 5.41) is 0.875. The lowest BCUT2D eigenvalue weighted by Gasteiger charge is -2.36. The van der Waals surface area contributed by atoms with E-state index in [9.17, 15) is 4.79 Å². The van der Waals surface area contributed by atoms with Gasteiger partial charge in [-0.2, -0.15) is 0 Å². The average molecular weight is 415 g/mol. The molecule has 6 heteroatoms. The van der Waals surface area contributed by atoms with Gasteiger partial charge in [-0.25, -0.2) is 4.79 Å². The molecule has 2 aliphatic rings. The van der Waals surface area contributed by atoms with E-state index in [0.29, 0.717) is 11.6 Å². The van der Waals surface area contributed by atoms with Crippen LogP contribution in [0.2, 0.25) is 0 Å². The molecule has 0 bridgehead atoms. The predicted molar refractivity (Wildman–Crippen MR) is 118 cm³/mol. The van der Waals surface area contributed by atoms with Crippen molar-refractivity contribution in [3.8, 4) is 0 Å². The first-order chi connectivity index (χ1) is 14.7. The van der Waals surface area contributed by atoms with Crippen molar-refractivity contribution < 1.29 is 18.7 Å². The van der Waals surface area contributed by atoms with Crippen LogP contribution in [0.15, 0.2) is 16.5 Å². The molecule has 1 aromatic carbocycles. The molecule has 0 amide bonds. The Morgan fingerprint density at radius 2 is 1.93 bits per heavy atom. The highest BCUT2D eigenvalue weighted by atomic mass is 16.5. The minimum Gasteiger partial charge on any atom is -0.465 e. The lowest BCUT2D eigenvalue weighted by Crippen LogP contribution is -2.40. The Labute approximate surface area is 179 Å². The number of esters is 1. The highest BCUT2D eigenvalue weighted by molar-refractivity contribution is 6.07. The number of anilines is 1. The first-order valence-corrected chi connectivity index (χ1v) is 11.4. The Hall–Kier alpha value is -2.05. The zero-order chi connectivity index (χ0) is 21.1. The molecule has 2 saturated heterocycles. The number of benzene rings is 1. The number of hydrogen-bond donors (Lipinski definition) is 0. The zero-order valence-electron chi connectivity index (χ0n) is 18.5. The molecule has 0 atom stereocenters. The molecule has 30 heavy (non-hydrogen) atoms. The minimum atomic E-state index is -0.282. The third kappa shape index (κ3) is 4.08. The SMILES string of the molecule is CCc1c(N(CC)C2CCOCC2)cc2oc(CN3CCCC3)cc2c1C(=O)OC. The number of likely N-dealkylation sites (tertiary alicyclic amines) is 1. The molecule has 0 N–H and O–H groups in total. The number of furan rings is 1. The molecule has 2 fully saturated rings. The van der Waals surface area contributed by atoms with Crippen molar-refractivity contribution in [2.45, 2.75) is 58.5 Å². The Morgan fingerprint density at radius 3 is 2.57 bits per heavy atom. The Morgan fingerprint density at radius 1 is 1.20 bits per heavy atom. The van der Waals surface area contributed by atoms with Gasteiger partial charge in [-0.15, -0.1) is 0 Å². The van der Waals surface area contributed by atoms with Crippen molar-refractivity contribution in [2.24, 2.45) is 0 Å². The number of ether oxygens (including phenoxy) is 2. The Balaban J connectivity index is 1.81. The van der Waals surface area contributed by atoms with Gasteiger partial charge in [0.15, 0.2) is 0 Å². The van der Waals surface area contributed by atoms with Gasteiger partial charge >= 0.3 is 5.97 Å². The first-order valence-electron chi connectivity index (χ1n) is 11.4. The maximum absolute atomic E-state index is 12.9. The summed E-state index contributed by atoms with van der Waals surface area (Å²) in [5.74, 6) is 0.639. The molecule has 6 nitrogen and oxygen atoms in total. The van der Waals surface area contributed by atoms with Gasteiger partial charge < -0.3 is 18.8 Å². The third-order valence-electron chi connectivity index (χ3n) is 6.56. The predicted octanol–water partition coefficient (Wildman–Crippen LogP) is 4.38. The van der Waals surface area contributed by atoms with Crippen molar-refractivity contribution in [2.75, 3.05) is 44.9 Å². The van der Waals surface area contributed by atoms with Gasteiger partial charge in [0.2, 0.25) is 0 Å². The highest BCUT2D eigenvalue weighted by Gasteiger charge is 2.28. The molecule has 164 valence electrons. The minimum absolute atomic E-state index is 0.282. The van der Waals surface area contributed by atoms with Gasteiger partial charge in [-0.3, -0.25) is 4.90 Å². The summed E-state index contributed by atoms with van der Waals surface area (Å²) >= 11 is 0. The van der Waals surface area contributed by atoms with Crippen molar-refractivity contribution >= 4 is 22.6 Å². The van der Waals surface area contributed by atoms with Crippen molar-refractivity contribution in [3.63, 3.8) is 0 Å². The molecule has 0 saturated carbocycles. The van der Waals surface area contributed by atoms with E-state index in [2.05, 4.69) is 29.7 Å². The van der Waals surface area contributed by atoms with E-state index in [-0.39, 0.29) is 5.97 Å². The van der Waals surface area contributed by atoms with E-state index in [0.717, 1.165) is 86.6 Å². The second kappa shape index (κ2) is 9.40. The van der Waals surface area contributed by atoms with Crippen molar-refractivity contribution in [1.29, 1.82) is 0 Å². The van der Waals surface area contributed by atoms with Gasteiger partial charge in [-0.05, 0) is 63.7 Å². The first kappa shape index (κ1) is 21.2. The van der Waals surface area contributed by atoms with E-state index in [1.807, 2.05) is 6.07 Å².